The number of primary sulfonamides is 1. The molecule has 10 nitrogen and oxygen atoms in total. The van der Waals surface area contributed by atoms with E-state index in [1.54, 1.807) is 24.3 Å². The van der Waals surface area contributed by atoms with Crippen molar-refractivity contribution in [3.8, 4) is 17.2 Å². The number of halogens is 2. The zero-order chi connectivity index (χ0) is 28.6. The van der Waals surface area contributed by atoms with E-state index in [2.05, 4.69) is 0 Å². The number of anilines is 1. The number of rotatable bonds is 7. The minimum Gasteiger partial charge on any atom is -0.507 e. The molecule has 0 aliphatic carbocycles. The van der Waals surface area contributed by atoms with E-state index in [-0.39, 0.29) is 43.3 Å². The lowest BCUT2D eigenvalue weighted by atomic mass is 9.94. The molecule has 0 radical (unpaired) electrons. The monoisotopic (exact) mass is 592 g/mol. The maximum absolute atomic E-state index is 13.4. The van der Waals surface area contributed by atoms with Crippen LogP contribution >= 0.6 is 23.2 Å². The Kier molecular flexibility index (Phi) is 7.80. The van der Waals surface area contributed by atoms with Gasteiger partial charge < -0.3 is 19.3 Å². The molecule has 1 atom stereocenters. The summed E-state index contributed by atoms with van der Waals surface area (Å²) in [6, 6.07) is 11.8. The lowest BCUT2D eigenvalue weighted by Crippen LogP contribution is -2.29. The van der Waals surface area contributed by atoms with E-state index < -0.39 is 33.5 Å². The fourth-order valence-corrected chi connectivity index (χ4v) is 5.49. The largest absolute Gasteiger partial charge is 0.507 e. The number of nitrogens with zero attached hydrogens (tertiary/aromatic N) is 1. The van der Waals surface area contributed by atoms with Gasteiger partial charge in [0.25, 0.3) is 11.7 Å². The van der Waals surface area contributed by atoms with Crippen LogP contribution in [0.2, 0.25) is 10.0 Å². The van der Waals surface area contributed by atoms with Crippen LogP contribution in [0.5, 0.6) is 17.2 Å². The normalized spacial score (nSPS) is 16.9. The minimum atomic E-state index is -4.01. The molecule has 0 bridgehead atoms. The molecule has 4 rings (SSSR count). The smallest absolute Gasteiger partial charge is 0.300 e. The first-order chi connectivity index (χ1) is 18.4. The minimum absolute atomic E-state index is 0.0265. The van der Waals surface area contributed by atoms with Crippen molar-refractivity contribution in [1.82, 2.24) is 0 Å². The maximum Gasteiger partial charge on any atom is 0.300 e. The van der Waals surface area contributed by atoms with Crippen LogP contribution in [0.1, 0.15) is 17.2 Å². The molecule has 204 valence electrons. The fourth-order valence-electron chi connectivity index (χ4n) is 4.29. The Hall–Kier alpha value is -3.77. The summed E-state index contributed by atoms with van der Waals surface area (Å²) >= 11 is 12.7. The first-order valence-corrected chi connectivity index (χ1v) is 13.4. The number of hydrogen-bond donors (Lipinski definition) is 2. The van der Waals surface area contributed by atoms with Crippen LogP contribution in [-0.4, -0.2) is 46.5 Å². The van der Waals surface area contributed by atoms with Gasteiger partial charge in [-0.15, -0.1) is 0 Å². The molecule has 1 saturated heterocycles. The summed E-state index contributed by atoms with van der Waals surface area (Å²) < 4.78 is 39.3. The third kappa shape index (κ3) is 5.01. The molecule has 0 saturated carbocycles. The molecule has 1 amide bonds. The highest BCUT2D eigenvalue weighted by molar-refractivity contribution is 7.89. The summed E-state index contributed by atoms with van der Waals surface area (Å²) in [5.74, 6) is -1.99. The van der Waals surface area contributed by atoms with Crippen molar-refractivity contribution in [1.29, 1.82) is 0 Å². The highest BCUT2D eigenvalue weighted by Gasteiger charge is 2.47. The first-order valence-electron chi connectivity index (χ1n) is 11.1. The van der Waals surface area contributed by atoms with Crippen molar-refractivity contribution in [2.24, 2.45) is 5.14 Å². The summed E-state index contributed by atoms with van der Waals surface area (Å²) in [5, 5.41) is 16.7. The number of aliphatic hydroxyl groups is 1. The predicted octanol–water partition coefficient (Wildman–Crippen LogP) is 4.29. The number of nitrogens with two attached hydrogens (primary N) is 1. The second-order valence-electron chi connectivity index (χ2n) is 8.27. The predicted molar refractivity (Wildman–Crippen MR) is 145 cm³/mol. The summed E-state index contributed by atoms with van der Waals surface area (Å²) in [4.78, 5) is 27.8. The van der Waals surface area contributed by atoms with Crippen molar-refractivity contribution < 1.29 is 37.3 Å². The molecule has 1 heterocycles. The zero-order valence-corrected chi connectivity index (χ0v) is 23.1. The number of amides is 1. The van der Waals surface area contributed by atoms with Crippen LogP contribution in [-0.2, 0) is 19.6 Å². The van der Waals surface area contributed by atoms with Gasteiger partial charge in [-0.2, -0.15) is 0 Å². The number of hydrogen-bond acceptors (Lipinski definition) is 8. The van der Waals surface area contributed by atoms with Gasteiger partial charge in [-0.05, 0) is 48.0 Å². The number of aliphatic hydroxyl groups excluding tert-OH is 1. The summed E-state index contributed by atoms with van der Waals surface area (Å²) in [7, 11) is 0.131. The van der Waals surface area contributed by atoms with Crippen molar-refractivity contribution in [2.75, 3.05) is 26.2 Å². The average Bonchev–Trinajstić information content (AvgIpc) is 3.18. The molecule has 3 aromatic carbocycles. The molecule has 3 aromatic rings. The van der Waals surface area contributed by atoms with Gasteiger partial charge >= 0.3 is 0 Å². The van der Waals surface area contributed by atoms with Crippen LogP contribution in [0, 0.1) is 0 Å². The number of benzene rings is 3. The van der Waals surface area contributed by atoms with E-state index in [4.69, 9.17) is 42.6 Å². The number of ether oxygens (including phenoxy) is 3. The van der Waals surface area contributed by atoms with E-state index in [0.717, 1.165) is 4.90 Å². The fraction of sp³-hybridized carbons (Fsp3) is 0.154. The molecule has 1 aliphatic heterocycles. The Balaban J connectivity index is 1.99. The lowest BCUT2D eigenvalue weighted by Gasteiger charge is -2.26. The highest BCUT2D eigenvalue weighted by Crippen LogP contribution is 2.48. The van der Waals surface area contributed by atoms with E-state index in [1.165, 1.54) is 51.7 Å². The molecule has 0 aromatic heterocycles. The summed E-state index contributed by atoms with van der Waals surface area (Å²) in [6.45, 7) is 0. The third-order valence-electron chi connectivity index (χ3n) is 6.11. The Morgan fingerprint density at radius 3 is 2.03 bits per heavy atom. The number of methoxy groups -OCH3 is 3. The Labute approximate surface area is 234 Å². The van der Waals surface area contributed by atoms with E-state index in [9.17, 15) is 23.1 Å². The maximum atomic E-state index is 13.4. The lowest BCUT2D eigenvalue weighted by molar-refractivity contribution is -0.132. The van der Waals surface area contributed by atoms with Crippen LogP contribution in [0.3, 0.4) is 0 Å². The van der Waals surface area contributed by atoms with Crippen LogP contribution in [0.15, 0.2) is 65.1 Å². The van der Waals surface area contributed by atoms with Crippen molar-refractivity contribution in [2.45, 2.75) is 10.9 Å². The van der Waals surface area contributed by atoms with Gasteiger partial charge in [-0.25, -0.2) is 13.6 Å². The van der Waals surface area contributed by atoms with Crippen molar-refractivity contribution in [3.05, 3.63) is 81.3 Å². The van der Waals surface area contributed by atoms with Gasteiger partial charge in [0.05, 0.1) is 48.4 Å². The molecular formula is C26H22Cl2N2O8S. The van der Waals surface area contributed by atoms with E-state index >= 15 is 0 Å². The number of Topliss-reactive ketones (excluding diaryl/α,β-unsaturated/α-hetero) is 1. The Morgan fingerprint density at radius 2 is 1.51 bits per heavy atom. The summed E-state index contributed by atoms with van der Waals surface area (Å²) in [5.41, 5.74) is 0.296. The highest BCUT2D eigenvalue weighted by atomic mass is 35.5. The van der Waals surface area contributed by atoms with Crippen LogP contribution in [0.4, 0.5) is 5.69 Å². The quantitative estimate of drug-likeness (QED) is 0.235. The van der Waals surface area contributed by atoms with Gasteiger partial charge in [0.15, 0.2) is 11.5 Å². The Morgan fingerprint density at radius 1 is 0.923 bits per heavy atom. The van der Waals surface area contributed by atoms with Gasteiger partial charge in [0.2, 0.25) is 10.0 Å². The SMILES string of the molecule is COc1ccc(C2/C(=C(\O)c3cc(Cl)c(OC)c(Cl)c3OC)C(=O)C(=O)N2c2ccc(S(N)(=O)=O)cc2)cc1. The molecule has 0 spiro atoms. The molecule has 1 aliphatic rings. The Bertz CT molecular complexity index is 1600. The number of sulfonamides is 1. The molecule has 1 fully saturated rings. The number of ketones is 1. The first kappa shape index (κ1) is 28.2. The second kappa shape index (κ2) is 10.8. The second-order valence-corrected chi connectivity index (χ2v) is 10.6. The molecule has 3 N–H and O–H groups in total. The third-order valence-corrected chi connectivity index (χ3v) is 7.67. The van der Waals surface area contributed by atoms with E-state index in [1.807, 2.05) is 0 Å². The van der Waals surface area contributed by atoms with Gasteiger partial charge in [0, 0.05) is 5.69 Å². The standard InChI is InChI=1S/C26H22Cl2N2O8S/c1-36-15-8-4-13(5-9-15)21-19(22(31)17-12-18(27)25(38-3)20(28)24(17)37-2)23(32)26(33)30(21)14-6-10-16(11-7-14)39(29,34)35/h4-12,21,31H,1-3H3,(H2,29,34,35)/b22-19+. The number of carbonyl (C=O) groups is 2. The van der Waals surface area contributed by atoms with Gasteiger partial charge in [-0.3, -0.25) is 14.5 Å². The zero-order valence-electron chi connectivity index (χ0n) is 20.8. The van der Waals surface area contributed by atoms with Crippen LogP contribution in [0.25, 0.3) is 5.76 Å². The molecule has 1 unspecified atom stereocenters. The van der Waals surface area contributed by atoms with Gasteiger partial charge in [-0.1, -0.05) is 35.3 Å². The molecule has 39 heavy (non-hydrogen) atoms. The number of carbonyl (C=O) groups excluding carboxylic acids is 2. The van der Waals surface area contributed by atoms with Crippen molar-refractivity contribution >= 4 is 56.4 Å². The van der Waals surface area contributed by atoms with Crippen molar-refractivity contribution in [3.63, 3.8) is 0 Å². The van der Waals surface area contributed by atoms with E-state index in [0.29, 0.717) is 11.3 Å². The van der Waals surface area contributed by atoms with Crippen LogP contribution < -0.4 is 24.2 Å². The van der Waals surface area contributed by atoms with Gasteiger partial charge in [0.1, 0.15) is 16.5 Å². The molecular weight excluding hydrogens is 571 g/mol. The molecule has 13 heteroatoms. The summed E-state index contributed by atoms with van der Waals surface area (Å²) in [6.07, 6.45) is 0. The topological polar surface area (TPSA) is 145 Å². The average molecular weight is 593 g/mol.